The summed E-state index contributed by atoms with van der Waals surface area (Å²) in [6, 6.07) is 15.2. The van der Waals surface area contributed by atoms with Crippen LogP contribution in [0, 0.1) is 0 Å². The molecule has 7 heteroatoms. The molecule has 0 aliphatic heterocycles. The highest BCUT2D eigenvalue weighted by Gasteiger charge is 2.33. The molecule has 0 amide bonds. The zero-order valence-corrected chi connectivity index (χ0v) is 19.0. The quantitative estimate of drug-likeness (QED) is 0.313. The van der Waals surface area contributed by atoms with E-state index in [2.05, 4.69) is 122 Å². The largest absolute Gasteiger partial charge is 0.328 e. The molecule has 1 aromatic heterocycles. The van der Waals surface area contributed by atoms with Gasteiger partial charge >= 0.3 is 0 Å². The van der Waals surface area contributed by atoms with Crippen molar-refractivity contribution in [3.63, 3.8) is 0 Å². The first-order valence-corrected chi connectivity index (χ1v) is 10.2. The zero-order valence-electron chi connectivity index (χ0n) is 15.3. The Hall–Kier alpha value is -1.35. The second-order valence-corrected chi connectivity index (χ2v) is 8.97. The normalized spacial score (nSPS) is 12.8. The van der Waals surface area contributed by atoms with E-state index in [4.69, 9.17) is 0 Å². The van der Waals surface area contributed by atoms with E-state index >= 15 is 0 Å². The summed E-state index contributed by atoms with van der Waals surface area (Å²) in [6.45, 7) is 6.85. The van der Waals surface area contributed by atoms with Crippen LogP contribution in [0.25, 0.3) is 11.4 Å². The van der Waals surface area contributed by atoms with Crippen LogP contribution in [0.4, 0.5) is 5.69 Å². The number of hydrogen-bond donors (Lipinski definition) is 1. The molecule has 0 bridgehead atoms. The highest BCUT2D eigenvalue weighted by molar-refractivity contribution is 14.1. The topological polar surface area (TPSA) is 44.8 Å². The summed E-state index contributed by atoms with van der Waals surface area (Å²) in [4.78, 5) is 3.07. The molecular weight excluding hydrogens is 502 g/mol. The molecule has 0 aliphatic carbocycles. The standard InChI is InChI=1S/C19H21BBrIN4/c1-12(19(2,3)16-8-7-14(20)10-17(16)21)26(22)15-6-4-5-13(9-15)18-23-11-24-25-18/h4-12H,20H2,1-3H3,(H,23,24,25). The molecule has 0 saturated heterocycles. The van der Waals surface area contributed by atoms with Crippen LogP contribution >= 0.6 is 38.8 Å². The van der Waals surface area contributed by atoms with Crippen LogP contribution < -0.4 is 8.58 Å². The minimum absolute atomic E-state index is 0.0457. The van der Waals surface area contributed by atoms with Crippen LogP contribution in [0.5, 0.6) is 0 Å². The monoisotopic (exact) mass is 522 g/mol. The van der Waals surface area contributed by atoms with Gasteiger partial charge in [0.1, 0.15) is 14.2 Å². The second kappa shape index (κ2) is 7.72. The number of hydrogen-bond acceptors (Lipinski definition) is 3. The molecule has 0 aliphatic rings. The Morgan fingerprint density at radius 1 is 1.23 bits per heavy atom. The average molecular weight is 523 g/mol. The van der Waals surface area contributed by atoms with E-state index in [1.807, 2.05) is 6.07 Å². The first-order valence-electron chi connectivity index (χ1n) is 8.49. The van der Waals surface area contributed by atoms with Crippen molar-refractivity contribution in [1.82, 2.24) is 15.2 Å². The lowest BCUT2D eigenvalue weighted by Gasteiger charge is -2.39. The number of rotatable bonds is 5. The van der Waals surface area contributed by atoms with Gasteiger partial charge in [0, 0.05) is 27.2 Å². The number of nitrogens with zero attached hydrogens (tertiary/aromatic N) is 3. The minimum atomic E-state index is -0.0457. The Bertz CT molecular complexity index is 898. The van der Waals surface area contributed by atoms with E-state index in [9.17, 15) is 0 Å². The fraction of sp³-hybridized carbons (Fsp3) is 0.263. The summed E-state index contributed by atoms with van der Waals surface area (Å²) < 4.78 is 3.46. The van der Waals surface area contributed by atoms with Crippen molar-refractivity contribution >= 4 is 57.8 Å². The fourth-order valence-electron chi connectivity index (χ4n) is 3.01. The summed E-state index contributed by atoms with van der Waals surface area (Å²) in [6.07, 6.45) is 1.60. The van der Waals surface area contributed by atoms with E-state index in [-0.39, 0.29) is 11.5 Å². The number of H-pyrrole nitrogens is 1. The molecule has 26 heavy (non-hydrogen) atoms. The summed E-state index contributed by atoms with van der Waals surface area (Å²) in [5.41, 5.74) is 4.70. The molecule has 1 atom stereocenters. The van der Waals surface area contributed by atoms with Gasteiger partial charge in [-0.25, -0.2) is 0 Å². The lowest BCUT2D eigenvalue weighted by molar-refractivity contribution is 0.443. The van der Waals surface area contributed by atoms with Gasteiger partial charge in [0.05, 0.1) is 22.9 Å². The maximum atomic E-state index is 4.12. The first kappa shape index (κ1) is 19.4. The lowest BCUT2D eigenvalue weighted by Crippen LogP contribution is -2.41. The van der Waals surface area contributed by atoms with Gasteiger partial charge in [0.15, 0.2) is 5.82 Å². The van der Waals surface area contributed by atoms with Gasteiger partial charge in [-0.05, 0) is 24.6 Å². The van der Waals surface area contributed by atoms with Crippen molar-refractivity contribution in [3.05, 3.63) is 58.8 Å². The number of benzene rings is 2. The number of halogens is 2. The second-order valence-electron chi connectivity index (χ2n) is 7.08. The summed E-state index contributed by atoms with van der Waals surface area (Å²) in [5, 5.41) is 7.99. The number of nitrogens with one attached hydrogen (secondary N) is 1. The van der Waals surface area contributed by atoms with E-state index in [1.165, 1.54) is 11.0 Å². The van der Waals surface area contributed by atoms with Crippen LogP contribution in [-0.4, -0.2) is 29.1 Å². The molecule has 4 nitrogen and oxygen atoms in total. The van der Waals surface area contributed by atoms with Crippen LogP contribution in [0.15, 0.2) is 53.3 Å². The molecule has 0 radical (unpaired) electrons. The van der Waals surface area contributed by atoms with Gasteiger partial charge in [-0.15, -0.1) is 10.2 Å². The molecular formula is C19H21BBrIN4. The van der Waals surface area contributed by atoms with Crippen molar-refractivity contribution in [3.8, 4) is 11.4 Å². The van der Waals surface area contributed by atoms with Crippen LogP contribution in [0.2, 0.25) is 0 Å². The molecule has 1 N–H and O–H groups in total. The molecule has 2 aromatic carbocycles. The minimum Gasteiger partial charge on any atom is -0.328 e. The van der Waals surface area contributed by atoms with E-state index < -0.39 is 0 Å². The van der Waals surface area contributed by atoms with Crippen molar-refractivity contribution in [1.29, 1.82) is 0 Å². The predicted molar refractivity (Wildman–Crippen MR) is 123 cm³/mol. The van der Waals surface area contributed by atoms with Crippen molar-refractivity contribution in [2.75, 3.05) is 3.11 Å². The molecule has 1 heterocycles. The number of aromatic nitrogens is 3. The lowest BCUT2D eigenvalue weighted by atomic mass is 9.77. The summed E-state index contributed by atoms with van der Waals surface area (Å²) in [5.74, 6) is 0.782. The van der Waals surface area contributed by atoms with Crippen LogP contribution in [-0.2, 0) is 5.41 Å². The third-order valence-corrected chi connectivity index (χ3v) is 7.03. The first-order chi connectivity index (χ1) is 12.3. The molecule has 1 unspecified atom stereocenters. The van der Waals surface area contributed by atoms with Gasteiger partial charge in [-0.1, -0.05) is 65.6 Å². The Morgan fingerprint density at radius 2 is 2.00 bits per heavy atom. The highest BCUT2D eigenvalue weighted by Crippen LogP contribution is 2.38. The summed E-state index contributed by atoms with van der Waals surface area (Å²) in [7, 11) is 2.12. The van der Waals surface area contributed by atoms with Crippen LogP contribution in [0.3, 0.4) is 0 Å². The average Bonchev–Trinajstić information content (AvgIpc) is 3.15. The Kier molecular flexibility index (Phi) is 5.77. The molecule has 0 saturated carbocycles. The van der Waals surface area contributed by atoms with Crippen molar-refractivity contribution < 1.29 is 0 Å². The third-order valence-electron chi connectivity index (χ3n) is 4.99. The third kappa shape index (κ3) is 3.83. The maximum absolute atomic E-state index is 4.12. The van der Waals surface area contributed by atoms with E-state index in [0.29, 0.717) is 0 Å². The van der Waals surface area contributed by atoms with E-state index in [1.54, 1.807) is 6.33 Å². The van der Waals surface area contributed by atoms with Crippen molar-refractivity contribution in [2.24, 2.45) is 0 Å². The molecule has 0 spiro atoms. The maximum Gasteiger partial charge on any atom is 0.161 e. The summed E-state index contributed by atoms with van der Waals surface area (Å²) >= 11 is 6.16. The van der Waals surface area contributed by atoms with Gasteiger partial charge in [0.2, 0.25) is 0 Å². The Morgan fingerprint density at radius 3 is 2.65 bits per heavy atom. The van der Waals surface area contributed by atoms with Crippen LogP contribution in [0.1, 0.15) is 26.3 Å². The van der Waals surface area contributed by atoms with Gasteiger partial charge in [-0.3, -0.25) is 0 Å². The predicted octanol–water partition coefficient (Wildman–Crippen LogP) is 4.02. The fourth-order valence-corrected chi connectivity index (χ4v) is 5.01. The van der Waals surface area contributed by atoms with Gasteiger partial charge in [0.25, 0.3) is 0 Å². The smallest absolute Gasteiger partial charge is 0.161 e. The Labute approximate surface area is 177 Å². The Balaban J connectivity index is 1.91. The molecule has 3 aromatic rings. The van der Waals surface area contributed by atoms with Crippen molar-refractivity contribution in [2.45, 2.75) is 32.2 Å². The molecule has 0 fully saturated rings. The number of anilines is 1. The van der Waals surface area contributed by atoms with Gasteiger partial charge in [-0.2, -0.15) is 0 Å². The number of aromatic amines is 1. The van der Waals surface area contributed by atoms with Gasteiger partial charge < -0.3 is 8.10 Å². The molecule has 3 rings (SSSR count). The zero-order chi connectivity index (χ0) is 18.9. The SMILES string of the molecule is Bc1ccc(C(C)(C)C(C)N(I)c2cccc(-c3nnc[nH]3)c2)c(Br)c1. The molecule has 134 valence electrons. The highest BCUT2D eigenvalue weighted by atomic mass is 127. The van der Waals surface area contributed by atoms with E-state index in [0.717, 1.165) is 21.5 Å².